The Morgan fingerprint density at radius 2 is 2.13 bits per heavy atom. The van der Waals surface area contributed by atoms with Gasteiger partial charge in [-0.1, -0.05) is 18.2 Å². The van der Waals surface area contributed by atoms with E-state index in [0.29, 0.717) is 11.3 Å². The van der Waals surface area contributed by atoms with Gasteiger partial charge in [-0.3, -0.25) is 4.79 Å². The number of carbonyl (C=O) groups is 1. The fourth-order valence-corrected chi connectivity index (χ4v) is 1.39. The number of hydrogen-bond donors (Lipinski definition) is 2. The number of hydrogen-bond acceptors (Lipinski definition) is 2. The molecule has 0 radical (unpaired) electrons. The first-order chi connectivity index (χ1) is 7.16. The molecule has 0 aliphatic rings. The molecule has 4 nitrogen and oxygen atoms in total. The molecule has 0 bridgehead atoms. The average Bonchev–Trinajstić information content (AvgIpc) is 2.65. The van der Waals surface area contributed by atoms with Crippen LogP contribution in [-0.2, 0) is 0 Å². The van der Waals surface area contributed by atoms with Crippen LogP contribution in [0.2, 0.25) is 0 Å². The maximum atomic E-state index is 11.2. The largest absolute Gasteiger partial charge is 0.323 e. The Labute approximate surface area is 86.0 Å². The normalized spacial score (nSPS) is 10.2. The van der Waals surface area contributed by atoms with Gasteiger partial charge < -0.3 is 9.97 Å². The zero-order chi connectivity index (χ0) is 10.8. The van der Waals surface area contributed by atoms with Crippen molar-refractivity contribution in [3.05, 3.63) is 46.5 Å². The Morgan fingerprint density at radius 3 is 2.73 bits per heavy atom. The predicted octanol–water partition coefficient (Wildman–Crippen LogP) is 1.57. The third kappa shape index (κ3) is 1.88. The van der Waals surface area contributed by atoms with Gasteiger partial charge >= 0.3 is 5.69 Å². The van der Waals surface area contributed by atoms with Crippen molar-refractivity contribution < 1.29 is 4.79 Å². The van der Waals surface area contributed by atoms with E-state index in [-0.39, 0.29) is 11.5 Å². The number of aromatic amines is 2. The molecule has 1 aromatic carbocycles. The monoisotopic (exact) mass is 202 g/mol. The van der Waals surface area contributed by atoms with Crippen LogP contribution in [0.4, 0.5) is 0 Å². The number of benzene rings is 1. The number of aromatic nitrogens is 2. The molecule has 0 aliphatic heterocycles. The van der Waals surface area contributed by atoms with Gasteiger partial charge in [-0.25, -0.2) is 4.79 Å². The van der Waals surface area contributed by atoms with Crippen LogP contribution in [0.15, 0.2) is 35.3 Å². The Bertz CT molecular complexity index is 551. The zero-order valence-electron chi connectivity index (χ0n) is 8.20. The van der Waals surface area contributed by atoms with Gasteiger partial charge in [-0.15, -0.1) is 0 Å². The lowest BCUT2D eigenvalue weighted by Gasteiger charge is -1.99. The van der Waals surface area contributed by atoms with E-state index < -0.39 is 0 Å². The highest BCUT2D eigenvalue weighted by Crippen LogP contribution is 2.16. The van der Waals surface area contributed by atoms with Gasteiger partial charge in [-0.2, -0.15) is 0 Å². The molecule has 2 aromatic rings. The third-order valence-corrected chi connectivity index (χ3v) is 2.18. The number of Topliss-reactive ketones (excluding diaryl/α,β-unsaturated/α-hetero) is 1. The van der Waals surface area contributed by atoms with Crippen molar-refractivity contribution in [3.63, 3.8) is 0 Å². The SMILES string of the molecule is CC(=O)c1cccc(-c2c[nH]c(=O)[nH]2)c1. The zero-order valence-corrected chi connectivity index (χ0v) is 8.20. The van der Waals surface area contributed by atoms with Crippen LogP contribution in [-0.4, -0.2) is 15.8 Å². The fraction of sp³-hybridized carbons (Fsp3) is 0.0909. The van der Waals surface area contributed by atoms with E-state index in [1.807, 2.05) is 6.07 Å². The molecule has 0 aliphatic carbocycles. The standard InChI is InChI=1S/C11H10N2O2/c1-7(14)8-3-2-4-9(5-8)10-6-12-11(15)13-10/h2-6H,1H3,(H2,12,13,15). The van der Waals surface area contributed by atoms with E-state index in [0.717, 1.165) is 5.56 Å². The van der Waals surface area contributed by atoms with Gasteiger partial charge in [0.25, 0.3) is 0 Å². The smallest absolute Gasteiger partial charge is 0.312 e. The molecule has 76 valence electrons. The van der Waals surface area contributed by atoms with Crippen molar-refractivity contribution in [2.45, 2.75) is 6.92 Å². The predicted molar refractivity (Wildman–Crippen MR) is 56.9 cm³/mol. The number of imidazole rings is 1. The minimum atomic E-state index is -0.252. The van der Waals surface area contributed by atoms with Gasteiger partial charge in [0.15, 0.2) is 5.78 Å². The van der Waals surface area contributed by atoms with E-state index in [4.69, 9.17) is 0 Å². The maximum Gasteiger partial charge on any atom is 0.323 e. The highest BCUT2D eigenvalue weighted by molar-refractivity contribution is 5.95. The molecular weight excluding hydrogens is 192 g/mol. The van der Waals surface area contributed by atoms with Crippen molar-refractivity contribution in [1.29, 1.82) is 0 Å². The average molecular weight is 202 g/mol. The Kier molecular flexibility index (Phi) is 2.25. The lowest BCUT2D eigenvalue weighted by atomic mass is 10.1. The van der Waals surface area contributed by atoms with Gasteiger partial charge in [0.2, 0.25) is 0 Å². The quantitative estimate of drug-likeness (QED) is 0.726. The van der Waals surface area contributed by atoms with Crippen molar-refractivity contribution in [2.75, 3.05) is 0 Å². The van der Waals surface area contributed by atoms with Crippen molar-refractivity contribution in [3.8, 4) is 11.3 Å². The highest BCUT2D eigenvalue weighted by Gasteiger charge is 2.03. The van der Waals surface area contributed by atoms with Crippen molar-refractivity contribution in [2.24, 2.45) is 0 Å². The van der Waals surface area contributed by atoms with Gasteiger partial charge in [0.05, 0.1) is 5.69 Å². The second-order valence-corrected chi connectivity index (χ2v) is 3.29. The van der Waals surface area contributed by atoms with E-state index in [2.05, 4.69) is 9.97 Å². The number of rotatable bonds is 2. The number of ketones is 1. The van der Waals surface area contributed by atoms with Crippen LogP contribution in [0.5, 0.6) is 0 Å². The van der Waals surface area contributed by atoms with E-state index in [1.165, 1.54) is 6.92 Å². The molecule has 2 N–H and O–H groups in total. The summed E-state index contributed by atoms with van der Waals surface area (Å²) in [6, 6.07) is 7.13. The van der Waals surface area contributed by atoms with Gasteiger partial charge in [0.1, 0.15) is 0 Å². The summed E-state index contributed by atoms with van der Waals surface area (Å²) < 4.78 is 0. The molecule has 1 heterocycles. The first kappa shape index (κ1) is 9.45. The molecule has 0 spiro atoms. The Balaban J connectivity index is 2.49. The molecule has 0 unspecified atom stereocenters. The highest BCUT2D eigenvalue weighted by atomic mass is 16.1. The van der Waals surface area contributed by atoms with Crippen LogP contribution >= 0.6 is 0 Å². The summed E-state index contributed by atoms with van der Waals surface area (Å²) in [6.45, 7) is 1.51. The van der Waals surface area contributed by atoms with E-state index in [9.17, 15) is 9.59 Å². The fourth-order valence-electron chi connectivity index (χ4n) is 1.39. The number of nitrogens with one attached hydrogen (secondary N) is 2. The Hall–Kier alpha value is -2.10. The molecule has 1 aromatic heterocycles. The summed E-state index contributed by atoms with van der Waals surface area (Å²) in [5, 5.41) is 0. The summed E-state index contributed by atoms with van der Waals surface area (Å²) >= 11 is 0. The van der Waals surface area contributed by atoms with Gasteiger partial charge in [-0.05, 0) is 13.0 Å². The van der Waals surface area contributed by atoms with Crippen LogP contribution in [0.3, 0.4) is 0 Å². The summed E-state index contributed by atoms with van der Waals surface area (Å²) in [6.07, 6.45) is 1.58. The van der Waals surface area contributed by atoms with Gasteiger partial charge in [0, 0.05) is 17.3 Å². The molecule has 0 fully saturated rings. The lowest BCUT2D eigenvalue weighted by Crippen LogP contribution is -2.00. The molecule has 15 heavy (non-hydrogen) atoms. The van der Waals surface area contributed by atoms with E-state index in [1.54, 1.807) is 24.4 Å². The minimum absolute atomic E-state index is 0.00901. The molecular formula is C11H10N2O2. The van der Waals surface area contributed by atoms with Crippen LogP contribution in [0.1, 0.15) is 17.3 Å². The minimum Gasteiger partial charge on any atom is -0.312 e. The molecule has 0 saturated carbocycles. The summed E-state index contributed by atoms with van der Waals surface area (Å²) in [5.74, 6) is 0.00901. The number of carbonyl (C=O) groups excluding carboxylic acids is 1. The lowest BCUT2D eigenvalue weighted by molar-refractivity contribution is 0.101. The second-order valence-electron chi connectivity index (χ2n) is 3.29. The maximum absolute atomic E-state index is 11.2. The van der Waals surface area contributed by atoms with Crippen LogP contribution in [0.25, 0.3) is 11.3 Å². The first-order valence-corrected chi connectivity index (χ1v) is 4.56. The molecule has 0 atom stereocenters. The summed E-state index contributed by atoms with van der Waals surface area (Å²) in [5.41, 5.74) is 1.89. The molecule has 4 heteroatoms. The third-order valence-electron chi connectivity index (χ3n) is 2.18. The topological polar surface area (TPSA) is 65.7 Å². The number of H-pyrrole nitrogens is 2. The van der Waals surface area contributed by atoms with E-state index >= 15 is 0 Å². The van der Waals surface area contributed by atoms with Crippen LogP contribution in [0, 0.1) is 0 Å². The summed E-state index contributed by atoms with van der Waals surface area (Å²) in [4.78, 5) is 27.2. The molecule has 0 saturated heterocycles. The molecule has 0 amide bonds. The van der Waals surface area contributed by atoms with Crippen molar-refractivity contribution >= 4 is 5.78 Å². The van der Waals surface area contributed by atoms with Crippen molar-refractivity contribution in [1.82, 2.24) is 9.97 Å². The summed E-state index contributed by atoms with van der Waals surface area (Å²) in [7, 11) is 0. The second kappa shape index (κ2) is 3.57. The van der Waals surface area contributed by atoms with Crippen LogP contribution < -0.4 is 5.69 Å². The first-order valence-electron chi connectivity index (χ1n) is 4.56. The Morgan fingerprint density at radius 1 is 1.33 bits per heavy atom. The molecule has 2 rings (SSSR count).